The fourth-order valence-corrected chi connectivity index (χ4v) is 3.15. The van der Waals surface area contributed by atoms with Crippen molar-refractivity contribution < 1.29 is 14.2 Å². The molecule has 2 aliphatic heterocycles. The third-order valence-electron chi connectivity index (χ3n) is 4.43. The number of morpholine rings is 1. The van der Waals surface area contributed by atoms with Gasteiger partial charge in [-0.25, -0.2) is 0 Å². The summed E-state index contributed by atoms with van der Waals surface area (Å²) in [5, 5.41) is 6.64. The van der Waals surface area contributed by atoms with Gasteiger partial charge in [0.05, 0.1) is 32.5 Å². The van der Waals surface area contributed by atoms with Crippen LogP contribution in [0, 0.1) is 13.8 Å². The molecule has 6 nitrogen and oxygen atoms in total. The lowest BCUT2D eigenvalue weighted by Gasteiger charge is -2.23. The van der Waals surface area contributed by atoms with Crippen molar-refractivity contribution in [3.8, 4) is 17.2 Å². The van der Waals surface area contributed by atoms with Gasteiger partial charge in [-0.3, -0.25) is 5.01 Å². The van der Waals surface area contributed by atoms with E-state index in [4.69, 9.17) is 14.2 Å². The molecule has 3 heterocycles. The van der Waals surface area contributed by atoms with Gasteiger partial charge in [0, 0.05) is 28.7 Å². The predicted octanol–water partition coefficient (Wildman–Crippen LogP) is 2.49. The van der Waals surface area contributed by atoms with Crippen molar-refractivity contribution in [3.05, 3.63) is 41.2 Å². The molecule has 0 amide bonds. The lowest BCUT2D eigenvalue weighted by Crippen LogP contribution is -2.32. The Hall–Kier alpha value is -2.47. The van der Waals surface area contributed by atoms with Crippen LogP contribution in [0.2, 0.25) is 0 Å². The molecular weight excluding hydrogens is 306 g/mol. The van der Waals surface area contributed by atoms with Crippen molar-refractivity contribution in [2.45, 2.75) is 13.8 Å². The maximum atomic E-state index is 5.49. The van der Waals surface area contributed by atoms with Gasteiger partial charge in [-0.2, -0.15) is 5.10 Å². The van der Waals surface area contributed by atoms with Crippen LogP contribution in [0.4, 0.5) is 0 Å². The summed E-state index contributed by atoms with van der Waals surface area (Å²) in [6.07, 6.45) is 1.94. The highest BCUT2D eigenvalue weighted by atomic mass is 16.7. The molecule has 0 unspecified atom stereocenters. The van der Waals surface area contributed by atoms with E-state index in [1.54, 1.807) is 0 Å². The molecule has 126 valence electrons. The van der Waals surface area contributed by atoms with Crippen LogP contribution >= 0.6 is 0 Å². The number of benzene rings is 1. The monoisotopic (exact) mass is 327 g/mol. The Morgan fingerprint density at radius 2 is 1.83 bits per heavy atom. The average Bonchev–Trinajstić information content (AvgIpc) is 3.17. The Bertz CT molecular complexity index is 776. The third kappa shape index (κ3) is 2.73. The Balaban J connectivity index is 1.63. The van der Waals surface area contributed by atoms with E-state index in [1.807, 2.05) is 18.3 Å². The van der Waals surface area contributed by atoms with Crippen LogP contribution in [0.5, 0.6) is 11.5 Å². The summed E-state index contributed by atoms with van der Waals surface area (Å²) >= 11 is 0. The van der Waals surface area contributed by atoms with Crippen LogP contribution in [0.15, 0.2) is 29.4 Å². The second-order valence-corrected chi connectivity index (χ2v) is 6.01. The van der Waals surface area contributed by atoms with E-state index in [2.05, 4.69) is 40.7 Å². The summed E-state index contributed by atoms with van der Waals surface area (Å²) < 4.78 is 18.4. The van der Waals surface area contributed by atoms with E-state index in [0.29, 0.717) is 6.79 Å². The van der Waals surface area contributed by atoms with Gasteiger partial charge in [0.15, 0.2) is 11.5 Å². The summed E-state index contributed by atoms with van der Waals surface area (Å²) in [5.41, 5.74) is 4.51. The van der Waals surface area contributed by atoms with Crippen LogP contribution in [0.1, 0.15) is 17.0 Å². The molecule has 0 N–H and O–H groups in total. The van der Waals surface area contributed by atoms with E-state index in [0.717, 1.165) is 60.4 Å². The predicted molar refractivity (Wildman–Crippen MR) is 91.4 cm³/mol. The van der Waals surface area contributed by atoms with Crippen molar-refractivity contribution >= 4 is 6.21 Å². The molecule has 0 atom stereocenters. The minimum Gasteiger partial charge on any atom is -0.454 e. The van der Waals surface area contributed by atoms with Gasteiger partial charge in [-0.05, 0) is 32.0 Å². The van der Waals surface area contributed by atoms with Gasteiger partial charge >= 0.3 is 0 Å². The molecular formula is C18H21N3O3. The molecule has 2 aliphatic rings. The molecule has 1 fully saturated rings. The summed E-state index contributed by atoms with van der Waals surface area (Å²) in [6, 6.07) is 8.18. The maximum Gasteiger partial charge on any atom is 0.231 e. The summed E-state index contributed by atoms with van der Waals surface area (Å²) in [7, 11) is 0. The normalized spacial score (nSPS) is 17.0. The first kappa shape index (κ1) is 15.1. The third-order valence-corrected chi connectivity index (χ3v) is 4.43. The molecule has 4 rings (SSSR count). The zero-order valence-electron chi connectivity index (χ0n) is 14.0. The second-order valence-electron chi connectivity index (χ2n) is 6.01. The van der Waals surface area contributed by atoms with E-state index >= 15 is 0 Å². The highest BCUT2D eigenvalue weighted by Gasteiger charge is 2.16. The minimum absolute atomic E-state index is 0.292. The number of aryl methyl sites for hydroxylation is 1. The smallest absolute Gasteiger partial charge is 0.231 e. The number of fused-ring (bicyclic) bond motifs is 1. The maximum absolute atomic E-state index is 5.49. The van der Waals surface area contributed by atoms with Gasteiger partial charge in [0.2, 0.25) is 6.79 Å². The zero-order chi connectivity index (χ0) is 16.5. The van der Waals surface area contributed by atoms with Crippen molar-refractivity contribution in [2.75, 3.05) is 33.1 Å². The Kier molecular flexibility index (Phi) is 3.90. The molecule has 0 radical (unpaired) electrons. The SMILES string of the molecule is Cc1cc(/C=N\N2CCOCC2)c(C)n1-c1ccc2c(c1)OCO2. The molecule has 0 saturated carbocycles. The number of aromatic nitrogens is 1. The molecule has 0 spiro atoms. The van der Waals surface area contributed by atoms with E-state index in [1.165, 1.54) is 0 Å². The quantitative estimate of drug-likeness (QED) is 0.813. The molecule has 24 heavy (non-hydrogen) atoms. The first-order chi connectivity index (χ1) is 11.7. The average molecular weight is 327 g/mol. The Labute approximate surface area is 141 Å². The molecule has 1 aromatic heterocycles. The van der Waals surface area contributed by atoms with Crippen LogP contribution in [-0.2, 0) is 4.74 Å². The summed E-state index contributed by atoms with van der Waals surface area (Å²) in [4.78, 5) is 0. The molecule has 6 heteroatoms. The molecule has 1 saturated heterocycles. The van der Waals surface area contributed by atoms with E-state index < -0.39 is 0 Å². The number of nitrogens with zero attached hydrogens (tertiary/aromatic N) is 3. The number of hydrogen-bond donors (Lipinski definition) is 0. The number of hydrogen-bond acceptors (Lipinski definition) is 5. The van der Waals surface area contributed by atoms with Gasteiger partial charge in [0.25, 0.3) is 0 Å². The highest BCUT2D eigenvalue weighted by molar-refractivity contribution is 5.82. The standard InChI is InChI=1S/C18H21N3O3/c1-13-9-15(11-19-20-5-7-22-8-6-20)14(2)21(13)16-3-4-17-18(10-16)24-12-23-17/h3-4,9-11H,5-8,12H2,1-2H3/b19-11-. The van der Waals surface area contributed by atoms with Crippen molar-refractivity contribution in [1.29, 1.82) is 0 Å². The molecule has 0 aliphatic carbocycles. The highest BCUT2D eigenvalue weighted by Crippen LogP contribution is 2.34. The van der Waals surface area contributed by atoms with Gasteiger partial charge in [-0.1, -0.05) is 0 Å². The number of ether oxygens (including phenoxy) is 3. The van der Waals surface area contributed by atoms with Crippen molar-refractivity contribution in [2.24, 2.45) is 5.10 Å². The second kappa shape index (κ2) is 6.20. The van der Waals surface area contributed by atoms with Crippen LogP contribution in [0.25, 0.3) is 5.69 Å². The number of rotatable bonds is 3. The van der Waals surface area contributed by atoms with Crippen molar-refractivity contribution in [3.63, 3.8) is 0 Å². The zero-order valence-corrected chi connectivity index (χ0v) is 14.0. The van der Waals surface area contributed by atoms with Crippen LogP contribution < -0.4 is 9.47 Å². The minimum atomic E-state index is 0.292. The lowest BCUT2D eigenvalue weighted by atomic mass is 10.2. The Morgan fingerprint density at radius 3 is 2.67 bits per heavy atom. The first-order valence-electron chi connectivity index (χ1n) is 8.18. The van der Waals surface area contributed by atoms with E-state index in [9.17, 15) is 0 Å². The molecule has 0 bridgehead atoms. The molecule has 1 aromatic carbocycles. The van der Waals surface area contributed by atoms with Gasteiger partial charge < -0.3 is 18.8 Å². The lowest BCUT2D eigenvalue weighted by molar-refractivity contribution is 0.0397. The fraction of sp³-hybridized carbons (Fsp3) is 0.389. The van der Waals surface area contributed by atoms with Gasteiger partial charge in [-0.15, -0.1) is 0 Å². The van der Waals surface area contributed by atoms with Crippen LogP contribution in [-0.4, -0.2) is 48.9 Å². The van der Waals surface area contributed by atoms with Crippen LogP contribution in [0.3, 0.4) is 0 Å². The summed E-state index contributed by atoms with van der Waals surface area (Å²) in [5.74, 6) is 1.60. The van der Waals surface area contributed by atoms with Crippen molar-refractivity contribution in [1.82, 2.24) is 9.58 Å². The van der Waals surface area contributed by atoms with E-state index in [-0.39, 0.29) is 0 Å². The topological polar surface area (TPSA) is 48.2 Å². The molecule has 2 aromatic rings. The Morgan fingerprint density at radius 1 is 1.04 bits per heavy atom. The van der Waals surface area contributed by atoms with Gasteiger partial charge in [0.1, 0.15) is 0 Å². The first-order valence-corrected chi connectivity index (χ1v) is 8.18. The summed E-state index contributed by atoms with van der Waals surface area (Å²) in [6.45, 7) is 7.68. The number of hydrazone groups is 1. The fourth-order valence-electron chi connectivity index (χ4n) is 3.15. The largest absolute Gasteiger partial charge is 0.454 e.